The van der Waals surface area contributed by atoms with Gasteiger partial charge < -0.3 is 14.6 Å². The van der Waals surface area contributed by atoms with Gasteiger partial charge in [-0.05, 0) is 18.6 Å². The lowest BCUT2D eigenvalue weighted by Gasteiger charge is -2.11. The molecule has 0 saturated carbocycles. The molecule has 0 unspecified atom stereocenters. The van der Waals surface area contributed by atoms with Crippen molar-refractivity contribution < 1.29 is 4.74 Å². The summed E-state index contributed by atoms with van der Waals surface area (Å²) < 4.78 is 7.27. The van der Waals surface area contributed by atoms with Crippen LogP contribution >= 0.6 is 0 Å². The molecule has 0 bridgehead atoms. The molecule has 2 rings (SSSR count). The minimum absolute atomic E-state index is 0.860. The zero-order chi connectivity index (χ0) is 13.0. The Balaban J connectivity index is 1.96. The number of hydrogen-bond donors (Lipinski definition) is 1. The van der Waals surface area contributed by atoms with Gasteiger partial charge in [-0.1, -0.05) is 6.07 Å². The molecule has 1 heterocycles. The fourth-order valence-corrected chi connectivity index (χ4v) is 1.86. The minimum atomic E-state index is 0.860. The number of aryl methyl sites for hydroxylation is 2. The predicted molar refractivity (Wildman–Crippen MR) is 73.1 cm³/mol. The van der Waals surface area contributed by atoms with Crippen LogP contribution in [0, 0.1) is 6.92 Å². The van der Waals surface area contributed by atoms with E-state index in [4.69, 9.17) is 4.74 Å². The Labute approximate surface area is 108 Å². The van der Waals surface area contributed by atoms with Crippen LogP contribution in [-0.2, 0) is 13.5 Å². The number of imidazole rings is 1. The number of benzene rings is 1. The summed E-state index contributed by atoms with van der Waals surface area (Å²) in [5, 5.41) is 3.42. The van der Waals surface area contributed by atoms with Gasteiger partial charge in [-0.3, -0.25) is 0 Å². The van der Waals surface area contributed by atoms with Crippen LogP contribution in [0.4, 0.5) is 5.69 Å². The monoisotopic (exact) mass is 245 g/mol. The molecule has 1 aromatic heterocycles. The van der Waals surface area contributed by atoms with E-state index >= 15 is 0 Å². The first-order valence-electron chi connectivity index (χ1n) is 6.05. The molecule has 0 amide bonds. The third-order valence-corrected chi connectivity index (χ3v) is 3.03. The quantitative estimate of drug-likeness (QED) is 0.879. The van der Waals surface area contributed by atoms with Gasteiger partial charge >= 0.3 is 0 Å². The largest absolute Gasteiger partial charge is 0.497 e. The van der Waals surface area contributed by atoms with E-state index < -0.39 is 0 Å². The highest BCUT2D eigenvalue weighted by Crippen LogP contribution is 2.21. The van der Waals surface area contributed by atoms with E-state index in [1.54, 1.807) is 7.11 Å². The topological polar surface area (TPSA) is 39.1 Å². The first-order valence-corrected chi connectivity index (χ1v) is 6.05. The van der Waals surface area contributed by atoms with E-state index in [9.17, 15) is 0 Å². The minimum Gasteiger partial charge on any atom is -0.497 e. The number of aromatic nitrogens is 2. The van der Waals surface area contributed by atoms with Crippen LogP contribution in [0.1, 0.15) is 11.4 Å². The van der Waals surface area contributed by atoms with Gasteiger partial charge in [0.25, 0.3) is 0 Å². The molecule has 0 fully saturated rings. The Bertz CT molecular complexity index is 520. The van der Waals surface area contributed by atoms with Gasteiger partial charge in [0.15, 0.2) is 0 Å². The summed E-state index contributed by atoms with van der Waals surface area (Å²) in [5.41, 5.74) is 2.33. The molecule has 0 aliphatic heterocycles. The number of rotatable bonds is 5. The van der Waals surface area contributed by atoms with Crippen molar-refractivity contribution >= 4 is 5.69 Å². The van der Waals surface area contributed by atoms with Crippen molar-refractivity contribution in [1.29, 1.82) is 0 Å². The van der Waals surface area contributed by atoms with Crippen molar-refractivity contribution in [3.63, 3.8) is 0 Å². The second kappa shape index (κ2) is 5.58. The van der Waals surface area contributed by atoms with Crippen LogP contribution in [0.3, 0.4) is 0 Å². The van der Waals surface area contributed by atoms with E-state index in [0.717, 1.165) is 30.2 Å². The lowest BCUT2D eigenvalue weighted by atomic mass is 10.2. The van der Waals surface area contributed by atoms with Crippen LogP contribution in [0.25, 0.3) is 0 Å². The van der Waals surface area contributed by atoms with E-state index in [1.165, 1.54) is 5.56 Å². The van der Waals surface area contributed by atoms with E-state index in [0.29, 0.717) is 0 Å². The van der Waals surface area contributed by atoms with Gasteiger partial charge in [-0.15, -0.1) is 0 Å². The van der Waals surface area contributed by atoms with Crippen LogP contribution in [0.2, 0.25) is 0 Å². The molecule has 0 saturated heterocycles. The number of ether oxygens (including phenoxy) is 1. The Morgan fingerprint density at radius 2 is 2.22 bits per heavy atom. The second-order valence-electron chi connectivity index (χ2n) is 4.31. The molecule has 96 valence electrons. The summed E-state index contributed by atoms with van der Waals surface area (Å²) >= 11 is 0. The zero-order valence-corrected chi connectivity index (χ0v) is 11.1. The molecule has 4 nitrogen and oxygen atoms in total. The number of methoxy groups -OCH3 is 1. The van der Waals surface area contributed by atoms with Crippen molar-refractivity contribution in [2.75, 3.05) is 19.0 Å². The Morgan fingerprint density at radius 3 is 2.89 bits per heavy atom. The molecule has 4 heteroatoms. The Kier molecular flexibility index (Phi) is 3.87. The predicted octanol–water partition coefficient (Wildman–Crippen LogP) is 2.39. The summed E-state index contributed by atoms with van der Waals surface area (Å²) in [6.45, 7) is 2.95. The molecule has 2 aromatic rings. The molecule has 0 aliphatic carbocycles. The SMILES string of the molecule is COc1ccc(C)c(NCCc2nccn2C)c1. The van der Waals surface area contributed by atoms with E-state index in [-0.39, 0.29) is 0 Å². The molecular weight excluding hydrogens is 226 g/mol. The lowest BCUT2D eigenvalue weighted by Crippen LogP contribution is -2.09. The highest BCUT2D eigenvalue weighted by Gasteiger charge is 2.02. The van der Waals surface area contributed by atoms with Gasteiger partial charge in [0.1, 0.15) is 11.6 Å². The van der Waals surface area contributed by atoms with Crippen molar-refractivity contribution in [2.45, 2.75) is 13.3 Å². The first kappa shape index (κ1) is 12.5. The van der Waals surface area contributed by atoms with Crippen molar-refractivity contribution in [3.05, 3.63) is 42.0 Å². The fraction of sp³-hybridized carbons (Fsp3) is 0.357. The molecule has 1 N–H and O–H groups in total. The van der Waals surface area contributed by atoms with Gasteiger partial charge in [0.2, 0.25) is 0 Å². The lowest BCUT2D eigenvalue weighted by molar-refractivity contribution is 0.415. The third-order valence-electron chi connectivity index (χ3n) is 3.03. The van der Waals surface area contributed by atoms with Crippen molar-refractivity contribution in [2.24, 2.45) is 7.05 Å². The maximum absolute atomic E-state index is 5.22. The smallest absolute Gasteiger partial charge is 0.120 e. The molecule has 0 aliphatic rings. The maximum atomic E-state index is 5.22. The van der Waals surface area contributed by atoms with Crippen LogP contribution in [-0.4, -0.2) is 23.2 Å². The Morgan fingerprint density at radius 1 is 1.39 bits per heavy atom. The molecule has 0 spiro atoms. The van der Waals surface area contributed by atoms with Gasteiger partial charge in [-0.2, -0.15) is 0 Å². The van der Waals surface area contributed by atoms with Gasteiger partial charge in [0.05, 0.1) is 7.11 Å². The summed E-state index contributed by atoms with van der Waals surface area (Å²) in [7, 11) is 3.70. The number of nitrogens with one attached hydrogen (secondary N) is 1. The first-order chi connectivity index (χ1) is 8.70. The third kappa shape index (κ3) is 2.83. The number of anilines is 1. The molecular formula is C14H19N3O. The normalized spacial score (nSPS) is 10.4. The zero-order valence-electron chi connectivity index (χ0n) is 11.1. The second-order valence-corrected chi connectivity index (χ2v) is 4.31. The number of nitrogens with zero attached hydrogens (tertiary/aromatic N) is 2. The standard InChI is InChI=1S/C14H19N3O/c1-11-4-5-12(18-3)10-13(11)15-7-6-14-16-8-9-17(14)2/h4-5,8-10,15H,6-7H2,1-3H3. The highest BCUT2D eigenvalue weighted by molar-refractivity contribution is 5.54. The number of hydrogen-bond acceptors (Lipinski definition) is 3. The van der Waals surface area contributed by atoms with Gasteiger partial charge in [-0.25, -0.2) is 4.98 Å². The fourth-order valence-electron chi connectivity index (χ4n) is 1.86. The van der Waals surface area contributed by atoms with Gasteiger partial charge in [0, 0.05) is 44.2 Å². The summed E-state index contributed by atoms with van der Waals surface area (Å²) in [6, 6.07) is 6.05. The van der Waals surface area contributed by atoms with E-state index in [1.807, 2.05) is 36.1 Å². The maximum Gasteiger partial charge on any atom is 0.120 e. The van der Waals surface area contributed by atoms with Crippen LogP contribution < -0.4 is 10.1 Å². The summed E-state index contributed by atoms with van der Waals surface area (Å²) in [5.74, 6) is 1.96. The van der Waals surface area contributed by atoms with Crippen LogP contribution in [0.5, 0.6) is 5.75 Å². The molecule has 18 heavy (non-hydrogen) atoms. The molecule has 0 radical (unpaired) electrons. The highest BCUT2D eigenvalue weighted by atomic mass is 16.5. The molecule has 1 aromatic carbocycles. The Hall–Kier alpha value is -1.97. The average Bonchev–Trinajstić information content (AvgIpc) is 2.77. The van der Waals surface area contributed by atoms with E-state index in [2.05, 4.69) is 23.3 Å². The van der Waals surface area contributed by atoms with Crippen LogP contribution in [0.15, 0.2) is 30.6 Å². The average molecular weight is 245 g/mol. The summed E-state index contributed by atoms with van der Waals surface area (Å²) in [6.07, 6.45) is 4.69. The van der Waals surface area contributed by atoms with Crippen molar-refractivity contribution in [1.82, 2.24) is 9.55 Å². The van der Waals surface area contributed by atoms with Crippen molar-refractivity contribution in [3.8, 4) is 5.75 Å². The molecule has 0 atom stereocenters. The summed E-state index contributed by atoms with van der Waals surface area (Å²) in [4.78, 5) is 4.30.